The van der Waals surface area contributed by atoms with Gasteiger partial charge < -0.3 is 23.5 Å². The average molecular weight is 548 g/mol. The molecule has 4 aliphatic rings. The molecule has 8 nitrogen and oxygen atoms in total. The molecule has 1 aromatic carbocycles. The van der Waals surface area contributed by atoms with Gasteiger partial charge in [0, 0.05) is 31.0 Å². The van der Waals surface area contributed by atoms with Crippen LogP contribution in [0.4, 0.5) is 13.2 Å². The lowest BCUT2D eigenvalue weighted by Crippen LogP contribution is -2.63. The van der Waals surface area contributed by atoms with E-state index in [0.29, 0.717) is 64.0 Å². The van der Waals surface area contributed by atoms with E-state index in [1.165, 1.54) is 6.07 Å². The van der Waals surface area contributed by atoms with Gasteiger partial charge in [-0.15, -0.1) is 0 Å². The summed E-state index contributed by atoms with van der Waals surface area (Å²) in [6, 6.07) is 2.49. The molecule has 6 bridgehead atoms. The second-order valence-electron chi connectivity index (χ2n) is 10.5. The van der Waals surface area contributed by atoms with Crippen LogP contribution in [-0.2, 0) is 32.4 Å². The molecule has 0 radical (unpaired) electrons. The Morgan fingerprint density at radius 2 is 1.97 bits per heavy atom. The fraction of sp³-hybridized carbons (Fsp3) is 0.680. The van der Waals surface area contributed by atoms with Gasteiger partial charge in [0.1, 0.15) is 0 Å². The first-order valence-corrected chi connectivity index (χ1v) is 13.9. The van der Waals surface area contributed by atoms with Gasteiger partial charge in [0.15, 0.2) is 17.6 Å². The third kappa shape index (κ3) is 4.87. The van der Waals surface area contributed by atoms with Gasteiger partial charge in [0.25, 0.3) is 0 Å². The Morgan fingerprint density at radius 1 is 1.24 bits per heavy atom. The number of ether oxygens (including phenoxy) is 3. The molecule has 5 rings (SSSR count). The van der Waals surface area contributed by atoms with Crippen LogP contribution in [0.25, 0.3) is 0 Å². The lowest BCUT2D eigenvalue weighted by molar-refractivity contribution is -0.258. The molecule has 3 aliphatic heterocycles. The highest BCUT2D eigenvalue weighted by Crippen LogP contribution is 2.50. The van der Waals surface area contributed by atoms with Crippen LogP contribution in [0.1, 0.15) is 50.7 Å². The Kier molecular flexibility index (Phi) is 6.80. The smallest absolute Gasteiger partial charge is 0.480 e. The highest BCUT2D eigenvalue weighted by atomic mass is 32.2. The second kappa shape index (κ2) is 9.41. The molecule has 1 saturated heterocycles. The number of benzene rings is 1. The Bertz CT molecular complexity index is 1180. The zero-order chi connectivity index (χ0) is 26.6. The van der Waals surface area contributed by atoms with E-state index in [2.05, 4.69) is 15.2 Å². The van der Waals surface area contributed by atoms with E-state index in [-0.39, 0.29) is 18.2 Å². The third-order valence-corrected chi connectivity index (χ3v) is 8.82. The first-order chi connectivity index (χ1) is 17.3. The Morgan fingerprint density at radius 3 is 2.65 bits per heavy atom. The molecule has 3 atom stereocenters. The number of allylic oxidation sites excluding steroid dienone is 1. The molecule has 1 spiro atoms. The quantitative estimate of drug-likeness (QED) is 0.348. The van der Waals surface area contributed by atoms with Crippen molar-refractivity contribution in [1.82, 2.24) is 4.90 Å². The predicted octanol–water partition coefficient (Wildman–Crippen LogP) is 3.46. The standard InChI is InChI=1S/C25H32F3NO7S/c1-16(2)7-11-29-10-3-4-18-17-5-6-19(36-37(31,32)25(26,27)28)22(18)35-21-15-23(30,20(29)14-17)8-9-24(21)33-12-13-34-24/h5-7,20-21,30H,3-4,8-15H2,1-2H3/t20-,21?,23?/m1/s1. The molecule has 2 unspecified atom stereocenters. The van der Waals surface area contributed by atoms with E-state index in [4.69, 9.17) is 14.2 Å². The van der Waals surface area contributed by atoms with Crippen LogP contribution in [-0.4, -0.2) is 73.8 Å². The number of alkyl halides is 3. The highest BCUT2D eigenvalue weighted by molar-refractivity contribution is 7.88. The van der Waals surface area contributed by atoms with Crippen molar-refractivity contribution in [3.05, 3.63) is 34.9 Å². The number of hydrogen-bond donors (Lipinski definition) is 1. The maximum absolute atomic E-state index is 13.2. The molecule has 1 N–H and O–H groups in total. The summed E-state index contributed by atoms with van der Waals surface area (Å²) in [7, 11) is -5.92. The van der Waals surface area contributed by atoms with Crippen molar-refractivity contribution in [3.63, 3.8) is 0 Å². The maximum atomic E-state index is 13.2. The summed E-state index contributed by atoms with van der Waals surface area (Å²) in [5.41, 5.74) is -4.26. The van der Waals surface area contributed by atoms with E-state index in [0.717, 1.165) is 11.1 Å². The number of fused-ring (bicyclic) bond motifs is 5. The van der Waals surface area contributed by atoms with Gasteiger partial charge in [-0.05, 0) is 57.7 Å². The first kappa shape index (κ1) is 26.7. The summed E-state index contributed by atoms with van der Waals surface area (Å²) >= 11 is 0. The summed E-state index contributed by atoms with van der Waals surface area (Å²) in [6.07, 6.45) is 3.53. The van der Waals surface area contributed by atoms with E-state index in [9.17, 15) is 26.7 Å². The third-order valence-electron chi connectivity index (χ3n) is 7.86. The summed E-state index contributed by atoms with van der Waals surface area (Å²) in [5, 5.41) is 12.1. The molecule has 1 saturated carbocycles. The SMILES string of the molecule is CC(C)=CCN1CCCc2c3ccc(OS(=O)(=O)C(F)(F)F)c2OC2CC(O)(CCC24OCCO4)[C@H]1C3. The van der Waals surface area contributed by atoms with Gasteiger partial charge >= 0.3 is 15.6 Å². The summed E-state index contributed by atoms with van der Waals surface area (Å²) < 4.78 is 86.3. The van der Waals surface area contributed by atoms with Crippen molar-refractivity contribution in [1.29, 1.82) is 0 Å². The number of hydrogen-bond acceptors (Lipinski definition) is 8. The molecule has 0 aromatic heterocycles. The summed E-state index contributed by atoms with van der Waals surface area (Å²) in [6.45, 7) is 5.95. The van der Waals surface area contributed by atoms with Gasteiger partial charge in [0.2, 0.25) is 5.79 Å². The zero-order valence-electron chi connectivity index (χ0n) is 20.8. The molecule has 12 heteroatoms. The largest absolute Gasteiger partial charge is 0.534 e. The second-order valence-corrected chi connectivity index (χ2v) is 12.1. The van der Waals surface area contributed by atoms with Crippen LogP contribution < -0.4 is 8.92 Å². The minimum Gasteiger partial charge on any atom is -0.480 e. The fourth-order valence-electron chi connectivity index (χ4n) is 5.98. The van der Waals surface area contributed by atoms with Crippen molar-refractivity contribution in [2.24, 2.45) is 0 Å². The topological polar surface area (TPSA) is 94.5 Å². The lowest BCUT2D eigenvalue weighted by atomic mass is 9.72. The van der Waals surface area contributed by atoms with Gasteiger partial charge in [-0.2, -0.15) is 21.6 Å². The molecule has 3 heterocycles. The van der Waals surface area contributed by atoms with Gasteiger partial charge in [-0.25, -0.2) is 0 Å². The monoisotopic (exact) mass is 547 g/mol. The molecule has 2 fully saturated rings. The number of halogens is 3. The molecule has 206 valence electrons. The van der Waals surface area contributed by atoms with Crippen LogP contribution in [0, 0.1) is 0 Å². The van der Waals surface area contributed by atoms with Crippen molar-refractivity contribution >= 4 is 10.1 Å². The molecule has 0 amide bonds. The number of aliphatic hydroxyl groups is 1. The molecule has 37 heavy (non-hydrogen) atoms. The van der Waals surface area contributed by atoms with Crippen molar-refractivity contribution in [3.8, 4) is 11.5 Å². The summed E-state index contributed by atoms with van der Waals surface area (Å²) in [4.78, 5) is 2.25. The van der Waals surface area contributed by atoms with Crippen molar-refractivity contribution < 1.29 is 45.1 Å². The van der Waals surface area contributed by atoms with E-state index >= 15 is 0 Å². The van der Waals surface area contributed by atoms with Gasteiger partial charge in [-0.3, -0.25) is 4.90 Å². The van der Waals surface area contributed by atoms with E-state index < -0.39 is 38.9 Å². The highest BCUT2D eigenvalue weighted by Gasteiger charge is 2.58. The van der Waals surface area contributed by atoms with Crippen molar-refractivity contribution in [2.75, 3.05) is 26.3 Å². The molecule has 1 aromatic rings. The Balaban J connectivity index is 1.64. The minimum absolute atomic E-state index is 0.0588. The van der Waals surface area contributed by atoms with Gasteiger partial charge in [0.05, 0.1) is 18.8 Å². The van der Waals surface area contributed by atoms with Crippen LogP contribution in [0.2, 0.25) is 0 Å². The minimum atomic E-state index is -5.92. The van der Waals surface area contributed by atoms with Gasteiger partial charge in [-0.1, -0.05) is 17.7 Å². The van der Waals surface area contributed by atoms with Crippen LogP contribution in [0.3, 0.4) is 0 Å². The van der Waals surface area contributed by atoms with Crippen LogP contribution in [0.15, 0.2) is 23.8 Å². The van der Waals surface area contributed by atoms with E-state index in [1.807, 2.05) is 13.8 Å². The number of nitrogens with zero attached hydrogens (tertiary/aromatic N) is 1. The normalized spacial score (nSPS) is 29.5. The molecule has 1 aliphatic carbocycles. The van der Waals surface area contributed by atoms with Crippen LogP contribution >= 0.6 is 0 Å². The Labute approximate surface area is 214 Å². The summed E-state index contributed by atoms with van der Waals surface area (Å²) in [5.74, 6) is -1.77. The fourth-order valence-corrected chi connectivity index (χ4v) is 6.44. The first-order valence-electron chi connectivity index (χ1n) is 12.5. The van der Waals surface area contributed by atoms with Crippen LogP contribution in [0.5, 0.6) is 11.5 Å². The zero-order valence-corrected chi connectivity index (χ0v) is 21.7. The lowest BCUT2D eigenvalue weighted by Gasteiger charge is -2.50. The van der Waals surface area contributed by atoms with Crippen molar-refractivity contribution in [2.45, 2.75) is 81.4 Å². The number of rotatable bonds is 4. The average Bonchev–Trinajstić information content (AvgIpc) is 3.26. The van der Waals surface area contributed by atoms with E-state index in [1.54, 1.807) is 6.07 Å². The molecular formula is C25H32F3NO7S. The maximum Gasteiger partial charge on any atom is 0.534 e. The Hall–Kier alpha value is -1.86. The predicted molar refractivity (Wildman–Crippen MR) is 127 cm³/mol. The molecular weight excluding hydrogens is 515 g/mol.